The van der Waals surface area contributed by atoms with E-state index in [2.05, 4.69) is 30.6 Å². The zero-order valence-electron chi connectivity index (χ0n) is 11.2. The third-order valence-electron chi connectivity index (χ3n) is 3.36. The van der Waals surface area contributed by atoms with E-state index >= 15 is 0 Å². The lowest BCUT2D eigenvalue weighted by Gasteiger charge is -2.07. The summed E-state index contributed by atoms with van der Waals surface area (Å²) in [6.07, 6.45) is 4.12. The first kappa shape index (κ1) is 12.0. The molecule has 21 heavy (non-hydrogen) atoms. The van der Waals surface area contributed by atoms with Crippen molar-refractivity contribution in [2.24, 2.45) is 0 Å². The molecule has 0 amide bonds. The molecule has 106 valence electrons. The van der Waals surface area contributed by atoms with Crippen molar-refractivity contribution in [3.8, 4) is 0 Å². The second-order valence-corrected chi connectivity index (χ2v) is 5.15. The molecule has 1 fully saturated rings. The molecule has 0 aliphatic heterocycles. The minimum Gasteiger partial charge on any atom is -0.367 e. The van der Waals surface area contributed by atoms with Crippen LogP contribution in [0.15, 0.2) is 35.3 Å². The number of benzene rings is 1. The van der Waals surface area contributed by atoms with Gasteiger partial charge in [0.2, 0.25) is 5.95 Å². The highest BCUT2D eigenvalue weighted by atomic mass is 16.1. The van der Waals surface area contributed by atoms with Gasteiger partial charge >= 0.3 is 5.69 Å². The Balaban J connectivity index is 1.59. The van der Waals surface area contributed by atoms with Gasteiger partial charge in [-0.25, -0.2) is 9.78 Å². The molecule has 7 nitrogen and oxygen atoms in total. The number of hydrogen-bond donors (Lipinski definition) is 4. The predicted molar refractivity (Wildman–Crippen MR) is 80.9 cm³/mol. The van der Waals surface area contributed by atoms with Crippen LogP contribution >= 0.6 is 0 Å². The molecule has 0 saturated heterocycles. The van der Waals surface area contributed by atoms with Crippen LogP contribution in [0.1, 0.15) is 12.8 Å². The number of aromatic nitrogens is 4. The number of fused-ring (bicyclic) bond motifs is 1. The Morgan fingerprint density at radius 1 is 1.14 bits per heavy atom. The van der Waals surface area contributed by atoms with E-state index in [0.29, 0.717) is 12.0 Å². The summed E-state index contributed by atoms with van der Waals surface area (Å²) in [4.78, 5) is 25.3. The molecule has 2 heterocycles. The average molecular weight is 282 g/mol. The standard InChI is InChI=1S/C14H14N6O/c21-14-18-10-4-3-9(7-11(10)19-14)17-13-15-6-5-12(20-13)16-8-1-2-8/h3-8H,1-2H2,(H2,18,19,21)(H2,15,16,17,20). The summed E-state index contributed by atoms with van der Waals surface area (Å²) >= 11 is 0. The van der Waals surface area contributed by atoms with Gasteiger partial charge in [0.1, 0.15) is 5.82 Å². The Bertz CT molecular complexity index is 848. The molecule has 0 radical (unpaired) electrons. The first-order valence-corrected chi connectivity index (χ1v) is 6.85. The largest absolute Gasteiger partial charge is 0.367 e. The molecule has 0 unspecified atom stereocenters. The number of nitrogens with zero attached hydrogens (tertiary/aromatic N) is 2. The molecule has 4 rings (SSSR count). The maximum absolute atomic E-state index is 11.2. The molecule has 0 atom stereocenters. The topological polar surface area (TPSA) is 98.5 Å². The Kier molecular flexibility index (Phi) is 2.63. The van der Waals surface area contributed by atoms with Crippen LogP contribution in [0.25, 0.3) is 11.0 Å². The van der Waals surface area contributed by atoms with Gasteiger partial charge in [-0.15, -0.1) is 0 Å². The molecule has 1 aliphatic carbocycles. The van der Waals surface area contributed by atoms with E-state index in [1.165, 1.54) is 12.8 Å². The Labute approximate surface area is 119 Å². The van der Waals surface area contributed by atoms with Crippen molar-refractivity contribution in [3.05, 3.63) is 40.9 Å². The van der Waals surface area contributed by atoms with Gasteiger partial charge in [-0.3, -0.25) is 0 Å². The van der Waals surface area contributed by atoms with Gasteiger partial charge in [-0.1, -0.05) is 0 Å². The van der Waals surface area contributed by atoms with Crippen molar-refractivity contribution < 1.29 is 0 Å². The molecule has 0 spiro atoms. The lowest BCUT2D eigenvalue weighted by Crippen LogP contribution is -2.05. The third kappa shape index (κ3) is 2.58. The zero-order chi connectivity index (χ0) is 14.2. The predicted octanol–water partition coefficient (Wildman–Crippen LogP) is 1.96. The number of H-pyrrole nitrogens is 2. The second-order valence-electron chi connectivity index (χ2n) is 5.15. The Morgan fingerprint density at radius 3 is 2.86 bits per heavy atom. The fourth-order valence-electron chi connectivity index (χ4n) is 2.18. The van der Waals surface area contributed by atoms with Crippen LogP contribution in [0, 0.1) is 0 Å². The van der Waals surface area contributed by atoms with E-state index < -0.39 is 0 Å². The van der Waals surface area contributed by atoms with Crippen LogP contribution in [0.4, 0.5) is 17.5 Å². The van der Waals surface area contributed by atoms with Crippen LogP contribution in [-0.4, -0.2) is 26.0 Å². The monoisotopic (exact) mass is 282 g/mol. The highest BCUT2D eigenvalue weighted by Gasteiger charge is 2.21. The van der Waals surface area contributed by atoms with E-state index in [9.17, 15) is 4.79 Å². The molecule has 4 N–H and O–H groups in total. The van der Waals surface area contributed by atoms with Crippen molar-refractivity contribution in [3.63, 3.8) is 0 Å². The van der Waals surface area contributed by atoms with Crippen LogP contribution in [0.2, 0.25) is 0 Å². The van der Waals surface area contributed by atoms with Crippen molar-refractivity contribution >= 4 is 28.5 Å². The quantitative estimate of drug-likeness (QED) is 0.586. The summed E-state index contributed by atoms with van der Waals surface area (Å²) in [5, 5.41) is 6.47. The van der Waals surface area contributed by atoms with Crippen LogP contribution < -0.4 is 16.3 Å². The van der Waals surface area contributed by atoms with Gasteiger partial charge in [-0.05, 0) is 37.1 Å². The number of rotatable bonds is 4. The summed E-state index contributed by atoms with van der Waals surface area (Å²) < 4.78 is 0. The van der Waals surface area contributed by atoms with E-state index in [-0.39, 0.29) is 5.69 Å². The molecule has 3 aromatic rings. The van der Waals surface area contributed by atoms with Gasteiger partial charge in [0.25, 0.3) is 0 Å². The summed E-state index contributed by atoms with van der Waals surface area (Å²) in [6, 6.07) is 7.96. The number of aromatic amines is 2. The van der Waals surface area contributed by atoms with Gasteiger partial charge in [0, 0.05) is 17.9 Å². The lowest BCUT2D eigenvalue weighted by molar-refractivity contribution is 1.08. The highest BCUT2D eigenvalue weighted by molar-refractivity contribution is 5.79. The fraction of sp³-hybridized carbons (Fsp3) is 0.214. The molecule has 2 aromatic heterocycles. The van der Waals surface area contributed by atoms with Crippen molar-refractivity contribution in [2.75, 3.05) is 10.6 Å². The Morgan fingerprint density at radius 2 is 2.00 bits per heavy atom. The fourth-order valence-corrected chi connectivity index (χ4v) is 2.18. The van der Waals surface area contributed by atoms with Crippen molar-refractivity contribution in [1.29, 1.82) is 0 Å². The van der Waals surface area contributed by atoms with Gasteiger partial charge in [-0.2, -0.15) is 4.98 Å². The summed E-state index contributed by atoms with van der Waals surface area (Å²) in [6.45, 7) is 0. The van der Waals surface area contributed by atoms with Crippen molar-refractivity contribution in [2.45, 2.75) is 18.9 Å². The van der Waals surface area contributed by atoms with Gasteiger partial charge < -0.3 is 20.6 Å². The third-order valence-corrected chi connectivity index (χ3v) is 3.36. The van der Waals surface area contributed by atoms with Crippen LogP contribution in [0.5, 0.6) is 0 Å². The summed E-state index contributed by atoms with van der Waals surface area (Å²) in [7, 11) is 0. The first-order chi connectivity index (χ1) is 10.3. The molecule has 1 aliphatic rings. The SMILES string of the molecule is O=c1[nH]c2ccc(Nc3nccc(NC4CC4)n3)cc2[nH]1. The average Bonchev–Trinajstić information content (AvgIpc) is 3.18. The van der Waals surface area contributed by atoms with Crippen LogP contribution in [0.3, 0.4) is 0 Å². The second kappa shape index (κ2) is 4.62. The molecule has 7 heteroatoms. The first-order valence-electron chi connectivity index (χ1n) is 6.85. The highest BCUT2D eigenvalue weighted by Crippen LogP contribution is 2.24. The smallest absolute Gasteiger partial charge is 0.323 e. The van der Waals surface area contributed by atoms with E-state index in [1.807, 2.05) is 24.3 Å². The molecular weight excluding hydrogens is 268 g/mol. The summed E-state index contributed by atoms with van der Waals surface area (Å²) in [5.74, 6) is 1.35. The molecule has 1 aromatic carbocycles. The van der Waals surface area contributed by atoms with E-state index in [1.54, 1.807) is 6.20 Å². The van der Waals surface area contributed by atoms with Gasteiger partial charge in [0.15, 0.2) is 0 Å². The molecule has 1 saturated carbocycles. The molecule has 0 bridgehead atoms. The number of nitrogens with one attached hydrogen (secondary N) is 4. The van der Waals surface area contributed by atoms with E-state index in [4.69, 9.17) is 0 Å². The maximum Gasteiger partial charge on any atom is 0.323 e. The van der Waals surface area contributed by atoms with Crippen molar-refractivity contribution in [1.82, 2.24) is 19.9 Å². The minimum atomic E-state index is -0.214. The molecular formula is C14H14N6O. The minimum absolute atomic E-state index is 0.214. The lowest BCUT2D eigenvalue weighted by atomic mass is 10.3. The Hall–Kier alpha value is -2.83. The summed E-state index contributed by atoms with van der Waals surface area (Å²) in [5.41, 5.74) is 2.13. The number of hydrogen-bond acceptors (Lipinski definition) is 5. The zero-order valence-corrected chi connectivity index (χ0v) is 11.2. The van der Waals surface area contributed by atoms with Crippen LogP contribution in [-0.2, 0) is 0 Å². The number of imidazole rings is 1. The van der Waals surface area contributed by atoms with Gasteiger partial charge in [0.05, 0.1) is 11.0 Å². The number of anilines is 3. The normalized spacial score (nSPS) is 14.3. The van der Waals surface area contributed by atoms with E-state index in [0.717, 1.165) is 22.5 Å². The maximum atomic E-state index is 11.2.